The quantitative estimate of drug-likeness (QED) is 0.723. The second-order valence-corrected chi connectivity index (χ2v) is 5.71. The summed E-state index contributed by atoms with van der Waals surface area (Å²) in [6, 6.07) is 0. The van der Waals surface area contributed by atoms with Crippen LogP contribution in [0.3, 0.4) is 0 Å². The van der Waals surface area contributed by atoms with Gasteiger partial charge in [-0.3, -0.25) is 4.90 Å². The number of β-amino-alcohol motifs (C(OH)–C–C–N with tert-alkyl or cyclic N) is 1. The molecule has 1 heterocycles. The molecule has 0 saturated carbocycles. The Morgan fingerprint density at radius 1 is 1.31 bits per heavy atom. The highest BCUT2D eigenvalue weighted by atomic mass is 16.6. The molecule has 4 heteroatoms. The minimum absolute atomic E-state index is 0.280. The smallest absolute Gasteiger partial charge is 0.167 e. The Bertz CT molecular complexity index is 207. The topological polar surface area (TPSA) is 41.9 Å². The Kier molecular flexibility index (Phi) is 4.73. The summed E-state index contributed by atoms with van der Waals surface area (Å²) in [5.74, 6) is 0. The molecule has 1 saturated heterocycles. The zero-order valence-corrected chi connectivity index (χ0v) is 11.1. The maximum Gasteiger partial charge on any atom is 0.167 e. The maximum absolute atomic E-state index is 9.68. The van der Waals surface area contributed by atoms with Crippen LogP contribution in [-0.2, 0) is 9.47 Å². The minimum atomic E-state index is -0.708. The fourth-order valence-corrected chi connectivity index (χ4v) is 1.81. The molecule has 0 bridgehead atoms. The van der Waals surface area contributed by atoms with Crippen molar-refractivity contribution >= 4 is 0 Å². The van der Waals surface area contributed by atoms with Gasteiger partial charge in [0.15, 0.2) is 6.29 Å². The van der Waals surface area contributed by atoms with E-state index in [1.807, 2.05) is 34.6 Å². The van der Waals surface area contributed by atoms with E-state index in [1.165, 1.54) is 0 Å². The number of nitrogens with zero attached hydrogens (tertiary/aromatic N) is 1. The van der Waals surface area contributed by atoms with Crippen molar-refractivity contribution in [2.75, 3.05) is 19.6 Å². The van der Waals surface area contributed by atoms with Crippen molar-refractivity contribution in [1.29, 1.82) is 0 Å². The summed E-state index contributed by atoms with van der Waals surface area (Å²) in [5, 5.41) is 9.68. The summed E-state index contributed by atoms with van der Waals surface area (Å²) < 4.78 is 11.1. The van der Waals surface area contributed by atoms with Gasteiger partial charge in [-0.2, -0.15) is 0 Å². The summed E-state index contributed by atoms with van der Waals surface area (Å²) >= 11 is 0. The van der Waals surface area contributed by atoms with E-state index >= 15 is 0 Å². The third kappa shape index (κ3) is 5.25. The molecule has 1 unspecified atom stereocenters. The van der Waals surface area contributed by atoms with Crippen LogP contribution in [0.4, 0.5) is 0 Å². The van der Waals surface area contributed by atoms with Crippen LogP contribution in [0.2, 0.25) is 0 Å². The first-order valence-electron chi connectivity index (χ1n) is 6.00. The molecule has 1 rings (SSSR count). The molecule has 0 spiro atoms. The van der Waals surface area contributed by atoms with Crippen LogP contribution in [0.15, 0.2) is 0 Å². The molecule has 0 aromatic rings. The highest BCUT2D eigenvalue weighted by molar-refractivity contribution is 4.81. The lowest BCUT2D eigenvalue weighted by Crippen LogP contribution is -2.55. The van der Waals surface area contributed by atoms with E-state index in [0.717, 1.165) is 13.1 Å². The lowest BCUT2D eigenvalue weighted by molar-refractivity contribution is -0.188. The van der Waals surface area contributed by atoms with Gasteiger partial charge >= 0.3 is 0 Å². The van der Waals surface area contributed by atoms with E-state index < -0.39 is 6.29 Å². The van der Waals surface area contributed by atoms with Gasteiger partial charge in [-0.05, 0) is 34.6 Å². The molecule has 16 heavy (non-hydrogen) atoms. The summed E-state index contributed by atoms with van der Waals surface area (Å²) in [7, 11) is 0. The Morgan fingerprint density at radius 3 is 2.31 bits per heavy atom. The Balaban J connectivity index is 2.12. The van der Waals surface area contributed by atoms with Crippen molar-refractivity contribution < 1.29 is 14.6 Å². The van der Waals surface area contributed by atoms with E-state index in [2.05, 4.69) is 4.90 Å². The number of rotatable bonds is 5. The van der Waals surface area contributed by atoms with Gasteiger partial charge < -0.3 is 14.6 Å². The van der Waals surface area contributed by atoms with Gasteiger partial charge in [0.25, 0.3) is 0 Å². The standard InChI is InChI=1S/C12H25NO3/c1-9(2)15-10-6-13(7-10)8-11(14)16-12(3,4)5/h9-11,14H,6-8H2,1-5H3. The van der Waals surface area contributed by atoms with Crippen molar-refractivity contribution in [2.45, 2.75) is 58.7 Å². The Hall–Kier alpha value is -0.160. The number of ether oxygens (including phenoxy) is 2. The molecule has 0 amide bonds. The fraction of sp³-hybridized carbons (Fsp3) is 1.00. The molecule has 0 aromatic heterocycles. The SMILES string of the molecule is CC(C)OC1CN(CC(O)OC(C)(C)C)C1. The van der Waals surface area contributed by atoms with E-state index in [-0.39, 0.29) is 11.7 Å². The van der Waals surface area contributed by atoms with Crippen molar-refractivity contribution in [1.82, 2.24) is 4.90 Å². The Labute approximate surface area is 98.5 Å². The molecule has 1 fully saturated rings. The molecule has 0 aliphatic carbocycles. The first-order valence-corrected chi connectivity index (χ1v) is 6.00. The van der Waals surface area contributed by atoms with Gasteiger partial charge in [-0.15, -0.1) is 0 Å². The van der Waals surface area contributed by atoms with Gasteiger partial charge in [0.2, 0.25) is 0 Å². The number of aliphatic hydroxyl groups is 1. The van der Waals surface area contributed by atoms with Crippen molar-refractivity contribution in [3.63, 3.8) is 0 Å². The lowest BCUT2D eigenvalue weighted by atomic mass is 10.1. The van der Waals surface area contributed by atoms with Crippen molar-refractivity contribution in [3.8, 4) is 0 Å². The van der Waals surface area contributed by atoms with Crippen LogP contribution in [0.1, 0.15) is 34.6 Å². The van der Waals surface area contributed by atoms with Crippen LogP contribution in [-0.4, -0.2) is 53.7 Å². The first kappa shape index (κ1) is 13.9. The van der Waals surface area contributed by atoms with Crippen LogP contribution < -0.4 is 0 Å². The van der Waals surface area contributed by atoms with Gasteiger partial charge in [0.1, 0.15) is 0 Å². The summed E-state index contributed by atoms with van der Waals surface area (Å²) in [5.41, 5.74) is -0.294. The monoisotopic (exact) mass is 231 g/mol. The predicted molar refractivity (Wildman–Crippen MR) is 63.3 cm³/mol. The normalized spacial score (nSPS) is 21.2. The zero-order chi connectivity index (χ0) is 12.3. The molecule has 1 aliphatic rings. The average Bonchev–Trinajstić information content (AvgIpc) is 1.95. The van der Waals surface area contributed by atoms with Gasteiger partial charge in [0.05, 0.1) is 17.8 Å². The summed E-state index contributed by atoms with van der Waals surface area (Å²) in [4.78, 5) is 2.14. The predicted octanol–water partition coefficient (Wildman–Crippen LogP) is 1.23. The van der Waals surface area contributed by atoms with Gasteiger partial charge in [-0.25, -0.2) is 0 Å². The highest BCUT2D eigenvalue weighted by Gasteiger charge is 2.30. The summed E-state index contributed by atoms with van der Waals surface area (Å²) in [6.45, 7) is 12.3. The largest absolute Gasteiger partial charge is 0.373 e. The zero-order valence-electron chi connectivity index (χ0n) is 11.1. The number of aliphatic hydroxyl groups excluding tert-OH is 1. The first-order chi connectivity index (χ1) is 7.26. The van der Waals surface area contributed by atoms with Crippen molar-refractivity contribution in [3.05, 3.63) is 0 Å². The molecule has 1 N–H and O–H groups in total. The second kappa shape index (κ2) is 5.45. The summed E-state index contributed by atoms with van der Waals surface area (Å²) in [6.07, 6.45) is -0.107. The van der Waals surface area contributed by atoms with Crippen molar-refractivity contribution in [2.24, 2.45) is 0 Å². The third-order valence-corrected chi connectivity index (χ3v) is 2.29. The Morgan fingerprint density at radius 2 is 1.88 bits per heavy atom. The van der Waals surface area contributed by atoms with Crippen LogP contribution >= 0.6 is 0 Å². The van der Waals surface area contributed by atoms with Crippen LogP contribution in [0.5, 0.6) is 0 Å². The minimum Gasteiger partial charge on any atom is -0.373 e. The maximum atomic E-state index is 9.68. The van der Waals surface area contributed by atoms with Gasteiger partial charge in [0, 0.05) is 19.6 Å². The third-order valence-electron chi connectivity index (χ3n) is 2.29. The second-order valence-electron chi connectivity index (χ2n) is 5.71. The molecule has 0 aromatic carbocycles. The lowest BCUT2D eigenvalue weighted by Gasteiger charge is -2.41. The molecule has 0 radical (unpaired) electrons. The number of hydrogen-bond donors (Lipinski definition) is 1. The van der Waals surface area contributed by atoms with E-state index in [9.17, 15) is 5.11 Å². The molecular formula is C12H25NO3. The van der Waals surface area contributed by atoms with E-state index in [1.54, 1.807) is 0 Å². The van der Waals surface area contributed by atoms with Crippen LogP contribution in [0, 0.1) is 0 Å². The highest BCUT2D eigenvalue weighted by Crippen LogP contribution is 2.16. The number of likely N-dealkylation sites (tertiary alicyclic amines) is 1. The number of hydrogen-bond acceptors (Lipinski definition) is 4. The average molecular weight is 231 g/mol. The molecule has 4 nitrogen and oxygen atoms in total. The molecule has 96 valence electrons. The molecule has 1 atom stereocenters. The molecular weight excluding hydrogens is 206 g/mol. The van der Waals surface area contributed by atoms with E-state index in [0.29, 0.717) is 12.6 Å². The van der Waals surface area contributed by atoms with E-state index in [4.69, 9.17) is 9.47 Å². The van der Waals surface area contributed by atoms with Crippen LogP contribution in [0.25, 0.3) is 0 Å². The molecule has 1 aliphatic heterocycles. The van der Waals surface area contributed by atoms with Gasteiger partial charge in [-0.1, -0.05) is 0 Å². The fourth-order valence-electron chi connectivity index (χ4n) is 1.81.